The van der Waals surface area contributed by atoms with Crippen LogP contribution in [-0.2, 0) is 11.4 Å². The van der Waals surface area contributed by atoms with Gasteiger partial charge in [0, 0.05) is 6.04 Å². The molecule has 1 aliphatic carbocycles. The molecule has 0 bridgehead atoms. The lowest BCUT2D eigenvalue weighted by Gasteiger charge is -2.29. The van der Waals surface area contributed by atoms with Crippen molar-refractivity contribution in [2.24, 2.45) is 5.92 Å². The van der Waals surface area contributed by atoms with E-state index in [4.69, 9.17) is 9.47 Å². The Labute approximate surface area is 203 Å². The number of aryl methyl sites for hydroxylation is 3. The van der Waals surface area contributed by atoms with Crippen molar-refractivity contribution in [3.63, 3.8) is 0 Å². The van der Waals surface area contributed by atoms with E-state index >= 15 is 0 Å². The maximum Gasteiger partial charge on any atom is 0.262 e. The molecule has 1 fully saturated rings. The lowest BCUT2D eigenvalue weighted by atomic mass is 9.86. The minimum atomic E-state index is -0.315. The number of nitrogens with zero attached hydrogens (tertiary/aromatic N) is 1. The number of rotatable bonds is 8. The Kier molecular flexibility index (Phi) is 8.76. The summed E-state index contributed by atoms with van der Waals surface area (Å²) in [6, 6.07) is 12.0. The summed E-state index contributed by atoms with van der Waals surface area (Å²) in [5.41, 5.74) is 5.62. The van der Waals surface area contributed by atoms with Crippen LogP contribution < -0.4 is 14.8 Å². The Morgan fingerprint density at radius 2 is 1.79 bits per heavy atom. The molecule has 3 rings (SSSR count). The van der Waals surface area contributed by atoms with Gasteiger partial charge < -0.3 is 14.8 Å². The van der Waals surface area contributed by atoms with Gasteiger partial charge in [0.25, 0.3) is 5.91 Å². The van der Waals surface area contributed by atoms with Crippen molar-refractivity contribution in [3.05, 3.63) is 63.7 Å². The van der Waals surface area contributed by atoms with Gasteiger partial charge in [-0.1, -0.05) is 43.5 Å². The van der Waals surface area contributed by atoms with Gasteiger partial charge in [-0.25, -0.2) is 0 Å². The van der Waals surface area contributed by atoms with E-state index in [0.717, 1.165) is 30.4 Å². The molecule has 0 radical (unpaired) electrons. The van der Waals surface area contributed by atoms with E-state index in [1.807, 2.05) is 25.1 Å². The average Bonchev–Trinajstić information content (AvgIpc) is 2.79. The summed E-state index contributed by atoms with van der Waals surface area (Å²) in [5, 5.41) is 12.7. The minimum absolute atomic E-state index is 0.0970. The van der Waals surface area contributed by atoms with Gasteiger partial charge in [0.15, 0.2) is 11.5 Å². The number of hydrogen-bond acceptors (Lipinski definition) is 4. The highest BCUT2D eigenvalue weighted by Gasteiger charge is 2.24. The Morgan fingerprint density at radius 3 is 2.44 bits per heavy atom. The zero-order valence-corrected chi connectivity index (χ0v) is 21.0. The molecule has 0 heterocycles. The van der Waals surface area contributed by atoms with Gasteiger partial charge in [-0.05, 0) is 86.9 Å². The van der Waals surface area contributed by atoms with Crippen LogP contribution in [0.3, 0.4) is 0 Å². The highest BCUT2D eigenvalue weighted by molar-refractivity contribution is 6.01. The van der Waals surface area contributed by atoms with Crippen molar-refractivity contribution in [1.29, 1.82) is 5.26 Å². The highest BCUT2D eigenvalue weighted by Crippen LogP contribution is 2.31. The Balaban J connectivity index is 1.77. The van der Waals surface area contributed by atoms with Gasteiger partial charge in [-0.3, -0.25) is 4.79 Å². The number of hydrogen-bond donors (Lipinski definition) is 1. The molecule has 0 unspecified atom stereocenters. The van der Waals surface area contributed by atoms with Gasteiger partial charge >= 0.3 is 0 Å². The van der Waals surface area contributed by atoms with Crippen LogP contribution in [0.4, 0.5) is 0 Å². The van der Waals surface area contributed by atoms with Gasteiger partial charge in [0.05, 0.1) is 6.61 Å². The molecule has 5 heteroatoms. The molecule has 0 aliphatic heterocycles. The quantitative estimate of drug-likeness (QED) is 0.376. The third kappa shape index (κ3) is 6.41. The van der Waals surface area contributed by atoms with Crippen LogP contribution in [0.2, 0.25) is 0 Å². The normalized spacial score (nSPS) is 18.2. The van der Waals surface area contributed by atoms with Crippen molar-refractivity contribution in [1.82, 2.24) is 5.32 Å². The molecule has 5 nitrogen and oxygen atoms in total. The third-order valence-corrected chi connectivity index (χ3v) is 6.58. The summed E-state index contributed by atoms with van der Waals surface area (Å²) in [4.78, 5) is 12.8. The number of carbonyl (C=O) groups excluding carboxylic acids is 1. The molecule has 0 saturated heterocycles. The van der Waals surface area contributed by atoms with E-state index in [1.54, 1.807) is 6.08 Å². The molecular formula is C29H36N2O3. The second-order valence-electron chi connectivity index (χ2n) is 9.32. The SMILES string of the molecule is CCOc1cc(/C=C(\C#N)C(=O)N[C@@H]2CCCC[C@H]2C)ccc1OCc1c(C)cc(C)cc1C. The molecule has 0 spiro atoms. The molecule has 2 aromatic rings. The topological polar surface area (TPSA) is 71.3 Å². The summed E-state index contributed by atoms with van der Waals surface area (Å²) in [5.74, 6) is 1.35. The van der Waals surface area contributed by atoms with E-state index in [2.05, 4.69) is 51.2 Å². The summed E-state index contributed by atoms with van der Waals surface area (Å²) >= 11 is 0. The number of nitriles is 1. The Morgan fingerprint density at radius 1 is 1.09 bits per heavy atom. The molecule has 1 aliphatic rings. The van der Waals surface area contributed by atoms with Crippen molar-refractivity contribution >= 4 is 12.0 Å². The summed E-state index contributed by atoms with van der Waals surface area (Å²) in [6.45, 7) is 11.3. The molecular weight excluding hydrogens is 424 g/mol. The first kappa shape index (κ1) is 25.4. The first-order valence-corrected chi connectivity index (χ1v) is 12.2. The first-order chi connectivity index (χ1) is 16.3. The molecule has 1 amide bonds. The van der Waals surface area contributed by atoms with Crippen LogP contribution in [0.1, 0.15) is 67.3 Å². The lowest BCUT2D eigenvalue weighted by molar-refractivity contribution is -0.118. The fourth-order valence-corrected chi connectivity index (χ4v) is 4.68. The molecule has 34 heavy (non-hydrogen) atoms. The zero-order chi connectivity index (χ0) is 24.7. The third-order valence-electron chi connectivity index (χ3n) is 6.58. The predicted octanol–water partition coefficient (Wildman–Crippen LogP) is 6.19. The maximum atomic E-state index is 12.8. The Bertz CT molecular complexity index is 1070. The summed E-state index contributed by atoms with van der Waals surface area (Å²) < 4.78 is 12.0. The number of benzene rings is 2. The molecule has 2 atom stereocenters. The maximum absolute atomic E-state index is 12.8. The summed E-state index contributed by atoms with van der Waals surface area (Å²) in [6.07, 6.45) is 6.00. The average molecular weight is 461 g/mol. The molecule has 0 aromatic heterocycles. The van der Waals surface area contributed by atoms with Crippen molar-refractivity contribution in [2.75, 3.05) is 6.61 Å². The Hall–Kier alpha value is -3.26. The van der Waals surface area contributed by atoms with Crippen LogP contribution in [0, 0.1) is 38.0 Å². The first-order valence-electron chi connectivity index (χ1n) is 12.2. The fraction of sp³-hybridized carbons (Fsp3) is 0.448. The minimum Gasteiger partial charge on any atom is -0.490 e. The number of ether oxygens (including phenoxy) is 2. The predicted molar refractivity (Wildman–Crippen MR) is 136 cm³/mol. The molecule has 180 valence electrons. The van der Waals surface area contributed by atoms with Crippen molar-refractivity contribution in [3.8, 4) is 17.6 Å². The molecule has 1 saturated carbocycles. The van der Waals surface area contributed by atoms with E-state index in [-0.39, 0.29) is 17.5 Å². The second-order valence-corrected chi connectivity index (χ2v) is 9.32. The van der Waals surface area contributed by atoms with Crippen molar-refractivity contribution in [2.45, 2.75) is 73.0 Å². The number of carbonyl (C=O) groups is 1. The number of amides is 1. The largest absolute Gasteiger partial charge is 0.490 e. The van der Waals surface area contributed by atoms with E-state index < -0.39 is 0 Å². The van der Waals surface area contributed by atoms with Crippen LogP contribution >= 0.6 is 0 Å². The zero-order valence-electron chi connectivity index (χ0n) is 21.0. The summed E-state index contributed by atoms with van der Waals surface area (Å²) in [7, 11) is 0. The van der Waals surface area contributed by atoms with E-state index in [0.29, 0.717) is 30.6 Å². The van der Waals surface area contributed by atoms with Crippen molar-refractivity contribution < 1.29 is 14.3 Å². The number of nitrogens with one attached hydrogen (secondary N) is 1. The van der Waals surface area contributed by atoms with E-state index in [9.17, 15) is 10.1 Å². The van der Waals surface area contributed by atoms with Gasteiger partial charge in [0.1, 0.15) is 18.2 Å². The monoisotopic (exact) mass is 460 g/mol. The van der Waals surface area contributed by atoms with Crippen LogP contribution in [-0.4, -0.2) is 18.6 Å². The molecule has 1 N–H and O–H groups in total. The smallest absolute Gasteiger partial charge is 0.262 e. The van der Waals surface area contributed by atoms with Gasteiger partial charge in [-0.2, -0.15) is 5.26 Å². The van der Waals surface area contributed by atoms with Crippen LogP contribution in [0.5, 0.6) is 11.5 Å². The lowest BCUT2D eigenvalue weighted by Crippen LogP contribution is -2.41. The van der Waals surface area contributed by atoms with Crippen LogP contribution in [0.15, 0.2) is 35.9 Å². The molecule has 2 aromatic carbocycles. The van der Waals surface area contributed by atoms with E-state index in [1.165, 1.54) is 23.1 Å². The second kappa shape index (κ2) is 11.7. The highest BCUT2D eigenvalue weighted by atomic mass is 16.5. The van der Waals surface area contributed by atoms with Gasteiger partial charge in [0.2, 0.25) is 0 Å². The standard InChI is InChI=1S/C29H36N2O3/c1-6-33-28-16-23(15-24(17-30)29(32)31-26-10-8-7-9-20(26)3)11-12-27(28)34-18-25-21(4)13-19(2)14-22(25)5/h11-16,20,26H,6-10,18H2,1-5H3,(H,31,32)/b24-15+/t20-,26-/m1/s1. The fourth-order valence-electron chi connectivity index (χ4n) is 4.68. The van der Waals surface area contributed by atoms with Crippen LogP contribution in [0.25, 0.3) is 6.08 Å². The van der Waals surface area contributed by atoms with Gasteiger partial charge in [-0.15, -0.1) is 0 Å².